The summed E-state index contributed by atoms with van der Waals surface area (Å²) in [7, 11) is 0. The minimum Gasteiger partial charge on any atom is -0.488 e. The molecule has 1 aliphatic carbocycles. The van der Waals surface area contributed by atoms with E-state index in [1.165, 1.54) is 0 Å². The zero-order valence-electron chi connectivity index (χ0n) is 15.1. The van der Waals surface area contributed by atoms with Crippen molar-refractivity contribution in [2.24, 2.45) is 0 Å². The molecule has 8 heteroatoms. The number of fused-ring (bicyclic) bond motifs is 1. The molecule has 8 nitrogen and oxygen atoms in total. The van der Waals surface area contributed by atoms with E-state index in [0.29, 0.717) is 17.1 Å². The second-order valence-corrected chi connectivity index (χ2v) is 6.94. The summed E-state index contributed by atoms with van der Waals surface area (Å²) in [5.74, 6) is 0.526. The lowest BCUT2D eigenvalue weighted by Gasteiger charge is -2.29. The van der Waals surface area contributed by atoms with Crippen LogP contribution in [0.3, 0.4) is 0 Å². The van der Waals surface area contributed by atoms with Crippen LogP contribution in [0.15, 0.2) is 30.6 Å². The fourth-order valence-corrected chi connectivity index (χ4v) is 3.45. The number of aromatic nitrogens is 4. The van der Waals surface area contributed by atoms with E-state index in [1.807, 2.05) is 6.92 Å². The van der Waals surface area contributed by atoms with Crippen LogP contribution in [-0.2, 0) is 0 Å². The number of benzene rings is 1. The zero-order chi connectivity index (χ0) is 18.8. The molecule has 1 saturated carbocycles. The minimum absolute atomic E-state index is 0.0674. The van der Waals surface area contributed by atoms with E-state index in [2.05, 4.69) is 25.5 Å². The number of ether oxygens (including phenoxy) is 1. The van der Waals surface area contributed by atoms with Gasteiger partial charge in [0.25, 0.3) is 5.91 Å². The molecule has 0 atom stereocenters. The largest absolute Gasteiger partial charge is 0.488 e. The third-order valence-electron chi connectivity index (χ3n) is 4.80. The Hall–Kier alpha value is -3.16. The number of hydrogen-bond acceptors (Lipinski definition) is 6. The van der Waals surface area contributed by atoms with Gasteiger partial charge >= 0.3 is 0 Å². The average molecular weight is 366 g/mol. The van der Waals surface area contributed by atoms with Crippen molar-refractivity contribution in [2.75, 3.05) is 5.73 Å². The SMILES string of the molecule is Cc1cc(C(=O)NC2CCC(Oc3cc(N)cc4nccnc34)CC2)n[nH]1. The van der Waals surface area contributed by atoms with Crippen molar-refractivity contribution >= 4 is 22.6 Å². The van der Waals surface area contributed by atoms with Crippen molar-refractivity contribution in [3.8, 4) is 5.75 Å². The highest BCUT2D eigenvalue weighted by Gasteiger charge is 2.25. The first-order valence-corrected chi connectivity index (χ1v) is 9.08. The summed E-state index contributed by atoms with van der Waals surface area (Å²) in [6.45, 7) is 1.87. The van der Waals surface area contributed by atoms with Gasteiger partial charge in [0.05, 0.1) is 11.6 Å². The van der Waals surface area contributed by atoms with Crippen LogP contribution >= 0.6 is 0 Å². The Kier molecular flexibility index (Phi) is 4.62. The van der Waals surface area contributed by atoms with Gasteiger partial charge in [0.1, 0.15) is 17.0 Å². The average Bonchev–Trinajstić information content (AvgIpc) is 3.10. The van der Waals surface area contributed by atoms with Crippen LogP contribution in [0.25, 0.3) is 11.0 Å². The summed E-state index contributed by atoms with van der Waals surface area (Å²) >= 11 is 0. The lowest BCUT2D eigenvalue weighted by atomic mass is 9.92. The lowest BCUT2D eigenvalue weighted by Crippen LogP contribution is -2.39. The molecule has 3 aromatic rings. The fraction of sp³-hybridized carbons (Fsp3) is 0.368. The van der Waals surface area contributed by atoms with Crippen LogP contribution < -0.4 is 15.8 Å². The normalized spacial score (nSPS) is 19.7. The van der Waals surface area contributed by atoms with Crippen molar-refractivity contribution in [1.82, 2.24) is 25.5 Å². The molecule has 1 aromatic carbocycles. The maximum absolute atomic E-state index is 12.2. The molecule has 27 heavy (non-hydrogen) atoms. The van der Waals surface area contributed by atoms with Gasteiger partial charge in [0.15, 0.2) is 0 Å². The topological polar surface area (TPSA) is 119 Å². The minimum atomic E-state index is -0.138. The Labute approximate surface area is 156 Å². The number of hydrogen-bond donors (Lipinski definition) is 3. The Morgan fingerprint density at radius 3 is 2.70 bits per heavy atom. The third-order valence-corrected chi connectivity index (χ3v) is 4.80. The Morgan fingerprint density at radius 2 is 1.96 bits per heavy atom. The third kappa shape index (κ3) is 3.84. The first kappa shape index (κ1) is 17.3. The van der Waals surface area contributed by atoms with Gasteiger partial charge in [-0.2, -0.15) is 5.10 Å². The summed E-state index contributed by atoms with van der Waals surface area (Å²) in [4.78, 5) is 20.9. The summed E-state index contributed by atoms with van der Waals surface area (Å²) in [5.41, 5.74) is 9.30. The molecular formula is C19H22N6O2. The Morgan fingerprint density at radius 1 is 1.19 bits per heavy atom. The highest BCUT2D eigenvalue weighted by atomic mass is 16.5. The van der Waals surface area contributed by atoms with Crippen molar-refractivity contribution in [1.29, 1.82) is 0 Å². The van der Waals surface area contributed by atoms with E-state index in [1.54, 1.807) is 30.6 Å². The summed E-state index contributed by atoms with van der Waals surface area (Å²) in [6.07, 6.45) is 6.76. The standard InChI is InChI=1S/C19H22N6O2/c1-11-8-16(25-24-11)19(26)23-13-2-4-14(5-3-13)27-17-10-12(20)9-15-18(17)22-7-6-21-15/h6-10,13-14H,2-5,20H2,1H3,(H,23,26)(H,24,25). The summed E-state index contributed by atoms with van der Waals surface area (Å²) in [6, 6.07) is 5.46. The highest BCUT2D eigenvalue weighted by Crippen LogP contribution is 2.30. The number of carbonyl (C=O) groups is 1. The molecule has 0 spiro atoms. The number of H-pyrrole nitrogens is 1. The van der Waals surface area contributed by atoms with Crippen LogP contribution in [0.2, 0.25) is 0 Å². The number of amides is 1. The van der Waals surface area contributed by atoms with Crippen molar-refractivity contribution in [3.63, 3.8) is 0 Å². The van der Waals surface area contributed by atoms with E-state index in [-0.39, 0.29) is 18.1 Å². The maximum atomic E-state index is 12.2. The number of nitrogens with one attached hydrogen (secondary N) is 2. The van der Waals surface area contributed by atoms with Gasteiger partial charge in [0, 0.05) is 35.9 Å². The van der Waals surface area contributed by atoms with Crippen LogP contribution in [0.1, 0.15) is 41.9 Å². The Balaban J connectivity index is 1.37. The number of nitrogen functional groups attached to an aromatic ring is 1. The molecular weight excluding hydrogens is 344 g/mol. The predicted octanol–water partition coefficient (Wildman–Crippen LogP) is 2.36. The zero-order valence-corrected chi connectivity index (χ0v) is 15.1. The molecule has 4 N–H and O–H groups in total. The smallest absolute Gasteiger partial charge is 0.271 e. The second-order valence-electron chi connectivity index (χ2n) is 6.94. The van der Waals surface area contributed by atoms with Crippen LogP contribution in [0, 0.1) is 6.92 Å². The first-order valence-electron chi connectivity index (χ1n) is 9.08. The molecule has 0 saturated heterocycles. The molecule has 0 bridgehead atoms. The molecule has 1 fully saturated rings. The predicted molar refractivity (Wildman–Crippen MR) is 101 cm³/mol. The number of aryl methyl sites for hydroxylation is 1. The number of nitrogens with two attached hydrogens (primary N) is 1. The fourth-order valence-electron chi connectivity index (χ4n) is 3.45. The number of anilines is 1. The van der Waals surface area contributed by atoms with Gasteiger partial charge in [-0.05, 0) is 44.7 Å². The summed E-state index contributed by atoms with van der Waals surface area (Å²) in [5, 5.41) is 9.84. The molecule has 1 aliphatic rings. The summed E-state index contributed by atoms with van der Waals surface area (Å²) < 4.78 is 6.18. The van der Waals surface area contributed by atoms with E-state index in [9.17, 15) is 4.79 Å². The quantitative estimate of drug-likeness (QED) is 0.610. The van der Waals surface area contributed by atoms with Crippen molar-refractivity contribution < 1.29 is 9.53 Å². The van der Waals surface area contributed by atoms with Crippen LogP contribution in [0.5, 0.6) is 5.75 Å². The molecule has 0 aliphatic heterocycles. The molecule has 0 unspecified atom stereocenters. The van der Waals surface area contributed by atoms with E-state index in [4.69, 9.17) is 10.5 Å². The van der Waals surface area contributed by atoms with Crippen LogP contribution in [0.4, 0.5) is 5.69 Å². The van der Waals surface area contributed by atoms with E-state index in [0.717, 1.165) is 42.4 Å². The number of carbonyl (C=O) groups excluding carboxylic acids is 1. The molecule has 140 valence electrons. The van der Waals surface area contributed by atoms with E-state index < -0.39 is 0 Å². The van der Waals surface area contributed by atoms with Gasteiger partial charge < -0.3 is 15.8 Å². The van der Waals surface area contributed by atoms with Crippen molar-refractivity contribution in [2.45, 2.75) is 44.8 Å². The molecule has 2 aromatic heterocycles. The number of aromatic amines is 1. The Bertz CT molecular complexity index is 962. The van der Waals surface area contributed by atoms with Crippen molar-refractivity contribution in [3.05, 3.63) is 42.0 Å². The second kappa shape index (κ2) is 7.22. The molecule has 4 rings (SSSR count). The van der Waals surface area contributed by atoms with Gasteiger partial charge in [-0.25, -0.2) is 4.98 Å². The highest BCUT2D eigenvalue weighted by molar-refractivity contribution is 5.92. The van der Waals surface area contributed by atoms with Gasteiger partial charge in [-0.15, -0.1) is 0 Å². The number of nitrogens with zero attached hydrogens (tertiary/aromatic N) is 3. The van der Waals surface area contributed by atoms with Crippen LogP contribution in [-0.4, -0.2) is 38.2 Å². The van der Waals surface area contributed by atoms with Gasteiger partial charge in [0.2, 0.25) is 0 Å². The number of rotatable bonds is 4. The molecule has 1 amide bonds. The molecule has 0 radical (unpaired) electrons. The van der Waals surface area contributed by atoms with E-state index >= 15 is 0 Å². The monoisotopic (exact) mass is 366 g/mol. The van der Waals surface area contributed by atoms with Gasteiger partial charge in [-0.1, -0.05) is 0 Å². The molecule has 2 heterocycles. The lowest BCUT2D eigenvalue weighted by molar-refractivity contribution is 0.0890. The maximum Gasteiger partial charge on any atom is 0.271 e. The first-order chi connectivity index (χ1) is 13.1. The van der Waals surface area contributed by atoms with Gasteiger partial charge in [-0.3, -0.25) is 14.9 Å².